The molecule has 0 spiro atoms. The number of benzene rings is 3. The monoisotopic (exact) mass is 492 g/mol. The fourth-order valence-corrected chi connectivity index (χ4v) is 4.11. The van der Waals surface area contributed by atoms with E-state index in [1.165, 1.54) is 13.2 Å². The van der Waals surface area contributed by atoms with Crippen LogP contribution in [-0.4, -0.2) is 35.2 Å². The number of hydrogen-bond donors (Lipinski definition) is 0. The highest BCUT2D eigenvalue weighted by Gasteiger charge is 2.29. The third kappa shape index (κ3) is 4.67. The van der Waals surface area contributed by atoms with Crippen molar-refractivity contribution in [3.8, 4) is 28.4 Å². The number of hydrogen-bond acceptors (Lipinski definition) is 6. The average Bonchev–Trinajstić information content (AvgIpc) is 3.49. The number of fused-ring (bicyclic) bond motifs is 1. The molecule has 1 aliphatic heterocycles. The number of ether oxygens (including phenoxy) is 3. The molecule has 1 aliphatic rings. The van der Waals surface area contributed by atoms with Crippen LogP contribution in [0.2, 0.25) is 0 Å². The number of aryl methyl sites for hydroxylation is 1. The molecule has 7 heteroatoms. The molecule has 0 saturated carbocycles. The summed E-state index contributed by atoms with van der Waals surface area (Å²) in [7, 11) is 1.30. The van der Waals surface area contributed by atoms with Gasteiger partial charge in [0, 0.05) is 17.3 Å². The third-order valence-electron chi connectivity index (χ3n) is 5.94. The molecule has 4 aromatic rings. The predicted octanol–water partition coefficient (Wildman–Crippen LogP) is 5.82. The second kappa shape index (κ2) is 9.99. The Hall–Kier alpha value is -4.91. The zero-order valence-corrected chi connectivity index (χ0v) is 20.4. The molecule has 0 saturated heterocycles. The number of aromatic nitrogens is 2. The highest BCUT2D eigenvalue weighted by atomic mass is 16.5. The second-order valence-electron chi connectivity index (χ2n) is 8.44. The van der Waals surface area contributed by atoms with E-state index in [4.69, 9.17) is 19.3 Å². The fraction of sp³-hybridized carbons (Fsp3) is 0.100. The van der Waals surface area contributed by atoms with E-state index >= 15 is 0 Å². The lowest BCUT2D eigenvalue weighted by Gasteiger charge is -2.09. The Balaban J connectivity index is 1.57. The molecule has 2 heterocycles. The van der Waals surface area contributed by atoms with Crippen molar-refractivity contribution < 1.29 is 23.8 Å². The molecule has 37 heavy (non-hydrogen) atoms. The van der Waals surface area contributed by atoms with Gasteiger partial charge in [-0.25, -0.2) is 9.48 Å². The van der Waals surface area contributed by atoms with Crippen LogP contribution in [0.25, 0.3) is 23.0 Å². The van der Waals surface area contributed by atoms with E-state index in [1.807, 2.05) is 61.7 Å². The molecule has 7 nitrogen and oxygen atoms in total. The normalized spacial score (nSPS) is 13.2. The summed E-state index contributed by atoms with van der Waals surface area (Å²) in [6.45, 7) is 6.08. The van der Waals surface area contributed by atoms with Crippen LogP contribution >= 0.6 is 0 Å². The molecule has 3 aromatic carbocycles. The minimum absolute atomic E-state index is 0.147. The van der Waals surface area contributed by atoms with E-state index in [2.05, 4.69) is 6.58 Å². The average molecular weight is 493 g/mol. The van der Waals surface area contributed by atoms with Gasteiger partial charge in [0.05, 0.1) is 23.9 Å². The van der Waals surface area contributed by atoms with Crippen molar-refractivity contribution in [2.75, 3.05) is 13.7 Å². The first-order valence-electron chi connectivity index (χ1n) is 11.6. The standard InChI is InChI=1S/C30H24N2O5/c1-4-14-36-25-12-10-20(15-19(25)2)28-22(18-32(31-28)23-8-6-5-7-9-23)17-27-29(33)24-16-21(30(34)35-3)11-13-26(24)37-27/h4-13,15-18H,1,14H2,2-3H3/b27-17-. The molecule has 0 radical (unpaired) electrons. The lowest BCUT2D eigenvalue weighted by atomic mass is 10.0. The van der Waals surface area contributed by atoms with E-state index < -0.39 is 5.97 Å². The Bertz CT molecular complexity index is 1550. The van der Waals surface area contributed by atoms with Crippen LogP contribution in [0.3, 0.4) is 0 Å². The van der Waals surface area contributed by atoms with Crippen LogP contribution in [0.1, 0.15) is 31.8 Å². The number of esters is 1. The summed E-state index contributed by atoms with van der Waals surface area (Å²) < 4.78 is 18.1. The smallest absolute Gasteiger partial charge is 0.337 e. The number of para-hydroxylation sites is 1. The Morgan fingerprint density at radius 2 is 1.92 bits per heavy atom. The van der Waals surface area contributed by atoms with Crippen molar-refractivity contribution in [3.63, 3.8) is 0 Å². The SMILES string of the molecule is C=CCOc1ccc(-c2nn(-c3ccccc3)cc2/C=C2\Oc3ccc(C(=O)OC)cc3C2=O)cc1C. The Labute approximate surface area is 214 Å². The number of allylic oxidation sites excluding steroid dienone is 1. The Kier molecular flexibility index (Phi) is 6.43. The molecule has 0 unspecified atom stereocenters. The van der Waals surface area contributed by atoms with Crippen molar-refractivity contribution in [3.05, 3.63) is 114 Å². The van der Waals surface area contributed by atoms with Gasteiger partial charge in [0.15, 0.2) is 5.76 Å². The summed E-state index contributed by atoms with van der Waals surface area (Å²) in [5, 5.41) is 4.84. The minimum atomic E-state index is -0.518. The van der Waals surface area contributed by atoms with Gasteiger partial charge in [-0.1, -0.05) is 30.9 Å². The molecule has 0 atom stereocenters. The maximum Gasteiger partial charge on any atom is 0.337 e. The number of nitrogens with zero attached hydrogens (tertiary/aromatic N) is 2. The topological polar surface area (TPSA) is 79.7 Å². The zero-order chi connectivity index (χ0) is 25.9. The Morgan fingerprint density at radius 3 is 2.65 bits per heavy atom. The molecule has 0 aliphatic carbocycles. The fourth-order valence-electron chi connectivity index (χ4n) is 4.11. The van der Waals surface area contributed by atoms with Crippen LogP contribution in [0, 0.1) is 6.92 Å². The molecule has 5 rings (SSSR count). The number of ketones is 1. The Morgan fingerprint density at radius 1 is 1.11 bits per heavy atom. The third-order valence-corrected chi connectivity index (χ3v) is 5.94. The van der Waals surface area contributed by atoms with Gasteiger partial charge in [0.2, 0.25) is 5.78 Å². The van der Waals surface area contributed by atoms with Crippen molar-refractivity contribution >= 4 is 17.8 Å². The maximum atomic E-state index is 13.2. The maximum absolute atomic E-state index is 13.2. The van der Waals surface area contributed by atoms with Crippen molar-refractivity contribution in [1.82, 2.24) is 9.78 Å². The van der Waals surface area contributed by atoms with Gasteiger partial charge in [-0.2, -0.15) is 5.10 Å². The molecular formula is C30H24N2O5. The summed E-state index contributed by atoms with van der Waals surface area (Å²) in [5.41, 5.74) is 4.66. The summed E-state index contributed by atoms with van der Waals surface area (Å²) in [6, 6.07) is 20.2. The van der Waals surface area contributed by atoms with E-state index in [0.717, 1.165) is 22.6 Å². The number of carbonyl (C=O) groups is 2. The first-order valence-corrected chi connectivity index (χ1v) is 11.6. The first-order chi connectivity index (χ1) is 18.0. The van der Waals surface area contributed by atoms with Crippen molar-refractivity contribution in [2.24, 2.45) is 0 Å². The molecule has 0 fully saturated rings. The van der Waals surface area contributed by atoms with E-state index in [-0.39, 0.29) is 17.1 Å². The summed E-state index contributed by atoms with van der Waals surface area (Å²) in [4.78, 5) is 25.1. The van der Waals surface area contributed by atoms with Gasteiger partial charge in [-0.15, -0.1) is 0 Å². The van der Waals surface area contributed by atoms with Crippen LogP contribution in [0.4, 0.5) is 0 Å². The van der Waals surface area contributed by atoms with Crippen LogP contribution in [0.5, 0.6) is 11.5 Å². The van der Waals surface area contributed by atoms with E-state index in [9.17, 15) is 9.59 Å². The van der Waals surface area contributed by atoms with E-state index in [0.29, 0.717) is 29.2 Å². The molecule has 1 aromatic heterocycles. The zero-order valence-electron chi connectivity index (χ0n) is 20.4. The number of Topliss-reactive ketones (excluding diaryl/α,β-unsaturated/α-hetero) is 1. The largest absolute Gasteiger partial charge is 0.489 e. The molecule has 0 amide bonds. The van der Waals surface area contributed by atoms with Crippen molar-refractivity contribution in [1.29, 1.82) is 0 Å². The van der Waals surface area contributed by atoms with Gasteiger partial charge in [0.25, 0.3) is 0 Å². The van der Waals surface area contributed by atoms with Gasteiger partial charge in [-0.05, 0) is 67.1 Å². The van der Waals surface area contributed by atoms with Gasteiger partial charge < -0.3 is 14.2 Å². The molecular weight excluding hydrogens is 468 g/mol. The summed E-state index contributed by atoms with van der Waals surface area (Å²) in [6.07, 6.45) is 5.23. The lowest BCUT2D eigenvalue weighted by molar-refractivity contribution is 0.0600. The molecule has 0 N–H and O–H groups in total. The summed E-state index contributed by atoms with van der Waals surface area (Å²) in [5.74, 6) is 0.463. The lowest BCUT2D eigenvalue weighted by Crippen LogP contribution is -2.03. The highest BCUT2D eigenvalue weighted by Crippen LogP contribution is 2.35. The number of rotatable bonds is 7. The number of methoxy groups -OCH3 is 1. The van der Waals surface area contributed by atoms with Crippen LogP contribution in [-0.2, 0) is 4.74 Å². The minimum Gasteiger partial charge on any atom is -0.489 e. The summed E-state index contributed by atoms with van der Waals surface area (Å²) >= 11 is 0. The van der Waals surface area contributed by atoms with Gasteiger partial charge in [0.1, 0.15) is 23.8 Å². The first kappa shape index (κ1) is 23.8. The number of carbonyl (C=O) groups excluding carboxylic acids is 2. The van der Waals surface area contributed by atoms with Crippen LogP contribution in [0.15, 0.2) is 91.3 Å². The van der Waals surface area contributed by atoms with Crippen molar-refractivity contribution in [2.45, 2.75) is 6.92 Å². The second-order valence-corrected chi connectivity index (χ2v) is 8.44. The quantitative estimate of drug-likeness (QED) is 0.184. The predicted molar refractivity (Wildman–Crippen MR) is 140 cm³/mol. The molecule has 184 valence electrons. The van der Waals surface area contributed by atoms with Crippen LogP contribution < -0.4 is 9.47 Å². The van der Waals surface area contributed by atoms with Gasteiger partial charge in [-0.3, -0.25) is 4.79 Å². The van der Waals surface area contributed by atoms with Gasteiger partial charge >= 0.3 is 5.97 Å². The molecule has 0 bridgehead atoms. The van der Waals surface area contributed by atoms with E-state index in [1.54, 1.807) is 29.0 Å². The highest BCUT2D eigenvalue weighted by molar-refractivity contribution is 6.15.